The minimum Gasteiger partial charge on any atom is -0.396 e. The van der Waals surface area contributed by atoms with Gasteiger partial charge in [0.05, 0.1) is 12.7 Å². The zero-order valence-corrected chi connectivity index (χ0v) is 8.16. The van der Waals surface area contributed by atoms with Gasteiger partial charge in [0, 0.05) is 6.61 Å². The average molecular weight is 178 g/mol. The van der Waals surface area contributed by atoms with Crippen LogP contribution in [0.4, 0.5) is 0 Å². The zero-order valence-electron chi connectivity index (χ0n) is 8.16. The molecule has 0 spiro atoms. The fraction of sp³-hybridized carbons (Fsp3) is 1.00. The summed E-state index contributed by atoms with van der Waals surface area (Å²) in [6, 6.07) is 0. The topological polar surface area (TPSA) is 60.7 Å². The van der Waals surface area contributed by atoms with Gasteiger partial charge in [0.15, 0.2) is 0 Å². The van der Waals surface area contributed by atoms with E-state index in [2.05, 4.69) is 6.92 Å². The van der Waals surface area contributed by atoms with Gasteiger partial charge in [-0.05, 0) is 13.3 Å². The second-order valence-electron chi connectivity index (χ2n) is 2.82. The first-order valence-corrected chi connectivity index (χ1v) is 4.58. The van der Waals surface area contributed by atoms with Gasteiger partial charge in [-0.1, -0.05) is 26.2 Å². The van der Waals surface area contributed by atoms with Crippen molar-refractivity contribution >= 4 is 0 Å². The van der Waals surface area contributed by atoms with Crippen LogP contribution in [-0.2, 0) is 0 Å². The normalized spacial score (nSPS) is 11.8. The lowest BCUT2D eigenvalue weighted by molar-refractivity contribution is 0.110. The van der Waals surface area contributed by atoms with Crippen molar-refractivity contribution in [3.05, 3.63) is 0 Å². The van der Waals surface area contributed by atoms with Gasteiger partial charge in [-0.25, -0.2) is 0 Å². The standard InChI is InChI=1S/C6H14O.C3H8O2/c1-2-3-4-5-6-7;1-3(5)2-4/h7H,2-6H2,1H3;3-5H,2H2,1H3. The number of hydrogen-bond acceptors (Lipinski definition) is 3. The molecule has 1 atom stereocenters. The van der Waals surface area contributed by atoms with Crippen molar-refractivity contribution in [2.45, 2.75) is 45.6 Å². The Morgan fingerprint density at radius 1 is 1.08 bits per heavy atom. The number of unbranched alkanes of at least 4 members (excludes halogenated alkanes) is 3. The molecule has 1 unspecified atom stereocenters. The maximum absolute atomic E-state index is 8.29. The molecule has 0 amide bonds. The fourth-order valence-electron chi connectivity index (χ4n) is 0.539. The third kappa shape index (κ3) is 22.5. The van der Waals surface area contributed by atoms with Gasteiger partial charge >= 0.3 is 0 Å². The number of rotatable bonds is 5. The molecule has 76 valence electrons. The van der Waals surface area contributed by atoms with Crippen LogP contribution in [-0.4, -0.2) is 34.6 Å². The van der Waals surface area contributed by atoms with Crippen LogP contribution in [0.25, 0.3) is 0 Å². The van der Waals surface area contributed by atoms with Crippen molar-refractivity contribution in [2.24, 2.45) is 0 Å². The molecule has 0 aromatic rings. The van der Waals surface area contributed by atoms with E-state index in [-0.39, 0.29) is 6.61 Å². The smallest absolute Gasteiger partial charge is 0.0742 e. The molecule has 0 rings (SSSR count). The van der Waals surface area contributed by atoms with E-state index >= 15 is 0 Å². The van der Waals surface area contributed by atoms with Gasteiger partial charge in [0.2, 0.25) is 0 Å². The van der Waals surface area contributed by atoms with Crippen molar-refractivity contribution in [2.75, 3.05) is 13.2 Å². The van der Waals surface area contributed by atoms with Crippen molar-refractivity contribution < 1.29 is 15.3 Å². The van der Waals surface area contributed by atoms with Crippen molar-refractivity contribution in [3.8, 4) is 0 Å². The molecular formula is C9H22O3. The summed E-state index contributed by atoms with van der Waals surface area (Å²) < 4.78 is 0. The molecule has 3 nitrogen and oxygen atoms in total. The molecule has 0 saturated carbocycles. The summed E-state index contributed by atoms with van der Waals surface area (Å²) in [5.41, 5.74) is 0. The highest BCUT2D eigenvalue weighted by molar-refractivity contribution is 4.35. The molecule has 0 bridgehead atoms. The summed E-state index contributed by atoms with van der Waals surface area (Å²) in [4.78, 5) is 0. The number of aliphatic hydroxyl groups excluding tert-OH is 3. The molecule has 0 aliphatic heterocycles. The minimum absolute atomic E-state index is 0.139. The van der Waals surface area contributed by atoms with E-state index in [1.165, 1.54) is 26.2 Å². The zero-order chi connectivity index (χ0) is 9.82. The van der Waals surface area contributed by atoms with Crippen LogP contribution in [0.2, 0.25) is 0 Å². The largest absolute Gasteiger partial charge is 0.396 e. The molecule has 0 heterocycles. The second kappa shape index (κ2) is 13.5. The molecule has 0 aliphatic rings. The summed E-state index contributed by atoms with van der Waals surface area (Å²) in [6.07, 6.45) is 4.12. The van der Waals surface area contributed by atoms with Gasteiger partial charge in [-0.3, -0.25) is 0 Å². The Hall–Kier alpha value is -0.120. The molecule has 0 saturated heterocycles. The molecule has 0 aliphatic carbocycles. The Morgan fingerprint density at radius 2 is 1.58 bits per heavy atom. The third-order valence-corrected chi connectivity index (χ3v) is 1.28. The molecule has 12 heavy (non-hydrogen) atoms. The summed E-state index contributed by atoms with van der Waals surface area (Å²) in [5.74, 6) is 0. The van der Waals surface area contributed by atoms with Gasteiger partial charge in [0.25, 0.3) is 0 Å². The SMILES string of the molecule is CC(O)CO.CCCCCCO. The van der Waals surface area contributed by atoms with E-state index in [9.17, 15) is 0 Å². The van der Waals surface area contributed by atoms with Crippen LogP contribution < -0.4 is 0 Å². The van der Waals surface area contributed by atoms with Crippen LogP contribution in [0, 0.1) is 0 Å². The highest BCUT2D eigenvalue weighted by atomic mass is 16.3. The minimum atomic E-state index is -0.560. The lowest BCUT2D eigenvalue weighted by Crippen LogP contribution is -2.03. The Bertz CT molecular complexity index is 60.8. The number of hydrogen-bond donors (Lipinski definition) is 3. The molecular weight excluding hydrogens is 156 g/mol. The van der Waals surface area contributed by atoms with Crippen LogP contribution in [0.3, 0.4) is 0 Å². The van der Waals surface area contributed by atoms with Crippen LogP contribution >= 0.6 is 0 Å². The van der Waals surface area contributed by atoms with E-state index in [0.29, 0.717) is 6.61 Å². The lowest BCUT2D eigenvalue weighted by atomic mass is 10.2. The Balaban J connectivity index is 0. The Morgan fingerprint density at radius 3 is 1.83 bits per heavy atom. The van der Waals surface area contributed by atoms with Gasteiger partial charge < -0.3 is 15.3 Å². The van der Waals surface area contributed by atoms with E-state index in [1.54, 1.807) is 0 Å². The van der Waals surface area contributed by atoms with Crippen molar-refractivity contribution in [3.63, 3.8) is 0 Å². The monoisotopic (exact) mass is 178 g/mol. The Labute approximate surface area is 75.0 Å². The third-order valence-electron chi connectivity index (χ3n) is 1.28. The first kappa shape index (κ1) is 14.4. The first-order valence-electron chi connectivity index (χ1n) is 4.58. The molecule has 0 aromatic carbocycles. The lowest BCUT2D eigenvalue weighted by Gasteiger charge is -1.90. The first-order chi connectivity index (χ1) is 5.68. The quantitative estimate of drug-likeness (QED) is 0.549. The highest BCUT2D eigenvalue weighted by Crippen LogP contribution is 1.95. The van der Waals surface area contributed by atoms with Crippen LogP contribution in [0.5, 0.6) is 0 Å². The molecule has 0 radical (unpaired) electrons. The summed E-state index contributed by atoms with van der Waals surface area (Å²) in [7, 11) is 0. The van der Waals surface area contributed by atoms with E-state index in [0.717, 1.165) is 6.42 Å². The average Bonchev–Trinajstić information content (AvgIpc) is 2.07. The predicted molar refractivity (Wildman–Crippen MR) is 50.0 cm³/mol. The van der Waals surface area contributed by atoms with Crippen LogP contribution in [0.15, 0.2) is 0 Å². The van der Waals surface area contributed by atoms with Crippen molar-refractivity contribution in [1.82, 2.24) is 0 Å². The van der Waals surface area contributed by atoms with E-state index in [1.807, 2.05) is 0 Å². The second-order valence-corrected chi connectivity index (χ2v) is 2.82. The highest BCUT2D eigenvalue weighted by Gasteiger charge is 1.83. The molecule has 0 fully saturated rings. The maximum atomic E-state index is 8.29. The van der Waals surface area contributed by atoms with Gasteiger partial charge in [-0.2, -0.15) is 0 Å². The summed E-state index contributed by atoms with van der Waals surface area (Å²) in [6.45, 7) is 3.91. The van der Waals surface area contributed by atoms with Crippen LogP contribution in [0.1, 0.15) is 39.5 Å². The summed E-state index contributed by atoms with van der Waals surface area (Å²) in [5, 5.41) is 24.3. The van der Waals surface area contributed by atoms with Gasteiger partial charge in [-0.15, -0.1) is 0 Å². The molecule has 3 heteroatoms. The maximum Gasteiger partial charge on any atom is 0.0742 e. The number of aliphatic hydroxyl groups is 3. The Kier molecular flexibility index (Phi) is 16.2. The van der Waals surface area contributed by atoms with Crippen molar-refractivity contribution in [1.29, 1.82) is 0 Å². The fourth-order valence-corrected chi connectivity index (χ4v) is 0.539. The predicted octanol–water partition coefficient (Wildman–Crippen LogP) is 0.919. The van der Waals surface area contributed by atoms with E-state index in [4.69, 9.17) is 15.3 Å². The van der Waals surface area contributed by atoms with E-state index < -0.39 is 6.10 Å². The molecule has 3 N–H and O–H groups in total. The van der Waals surface area contributed by atoms with Gasteiger partial charge in [0.1, 0.15) is 0 Å². The summed E-state index contributed by atoms with van der Waals surface area (Å²) >= 11 is 0. The molecule has 0 aromatic heterocycles.